The molecule has 3 heterocycles. The number of thiazole rings is 1. The number of rotatable bonds is 20. The van der Waals surface area contributed by atoms with E-state index in [1.807, 2.05) is 59.3 Å². The van der Waals surface area contributed by atoms with E-state index in [-0.39, 0.29) is 36.9 Å². The first-order valence-electron chi connectivity index (χ1n) is 19.0. The minimum atomic E-state index is -0.449. The number of hydrogen-bond donors (Lipinski definition) is 1. The summed E-state index contributed by atoms with van der Waals surface area (Å²) in [5, 5.41) is 8.15. The van der Waals surface area contributed by atoms with Crippen LogP contribution in [0, 0.1) is 5.92 Å². The van der Waals surface area contributed by atoms with Crippen LogP contribution in [0.2, 0.25) is 0 Å². The molecule has 0 aliphatic carbocycles. The molecule has 10 nitrogen and oxygen atoms in total. The Labute approximate surface area is 328 Å². The Morgan fingerprint density at radius 3 is 2.26 bits per heavy atom. The molecule has 1 N–H and O–H groups in total. The van der Waals surface area contributed by atoms with Gasteiger partial charge in [-0.05, 0) is 54.2 Å². The minimum Gasteiger partial charge on any atom is -0.444 e. The van der Waals surface area contributed by atoms with Gasteiger partial charge < -0.3 is 24.6 Å². The molecule has 0 saturated carbocycles. The van der Waals surface area contributed by atoms with Crippen LogP contribution in [0.15, 0.2) is 83.6 Å². The van der Waals surface area contributed by atoms with Crippen molar-refractivity contribution in [3.63, 3.8) is 0 Å². The molecule has 1 saturated heterocycles. The summed E-state index contributed by atoms with van der Waals surface area (Å²) in [5.41, 5.74) is 3.13. The van der Waals surface area contributed by atoms with Gasteiger partial charge in [0.2, 0.25) is 11.8 Å². The number of ether oxygens (including phenoxy) is 2. The molecule has 54 heavy (non-hydrogen) atoms. The highest BCUT2D eigenvalue weighted by molar-refractivity contribution is 7.10. The van der Waals surface area contributed by atoms with Gasteiger partial charge in [-0.3, -0.25) is 14.5 Å². The Balaban J connectivity index is 1.28. The van der Waals surface area contributed by atoms with Crippen LogP contribution in [0.25, 0.3) is 0 Å². The second kappa shape index (κ2) is 21.7. The number of morpholine rings is 1. The summed E-state index contributed by atoms with van der Waals surface area (Å²) in [5.74, 6) is 0.170. The zero-order valence-corrected chi connectivity index (χ0v) is 33.5. The van der Waals surface area contributed by atoms with Crippen molar-refractivity contribution in [2.75, 3.05) is 53.0 Å². The summed E-state index contributed by atoms with van der Waals surface area (Å²) in [6.07, 6.45) is 2.56. The maximum Gasteiger partial charge on any atom is 0.407 e. The Morgan fingerprint density at radius 1 is 0.907 bits per heavy atom. The first-order chi connectivity index (χ1) is 26.2. The van der Waals surface area contributed by atoms with E-state index in [9.17, 15) is 14.4 Å². The second-order valence-corrected chi connectivity index (χ2v) is 16.3. The number of nitrogens with zero attached hydrogens (tertiary/aromatic N) is 4. The monoisotopic (exact) mass is 773 g/mol. The topological polar surface area (TPSA) is 104 Å². The molecule has 0 radical (unpaired) electrons. The molecule has 0 spiro atoms. The number of likely N-dealkylation sites (N-methyl/N-ethyl adjacent to an activating group) is 1. The van der Waals surface area contributed by atoms with E-state index in [0.29, 0.717) is 70.9 Å². The fourth-order valence-corrected chi connectivity index (χ4v) is 8.00. The molecule has 1 aliphatic rings. The average molecular weight is 774 g/mol. The van der Waals surface area contributed by atoms with Crippen LogP contribution in [0.5, 0.6) is 0 Å². The van der Waals surface area contributed by atoms with Crippen molar-refractivity contribution in [1.82, 2.24) is 25.0 Å². The molecule has 2 aromatic carbocycles. The number of benzene rings is 2. The molecule has 2 atom stereocenters. The van der Waals surface area contributed by atoms with Crippen molar-refractivity contribution in [1.29, 1.82) is 0 Å². The second-order valence-electron chi connectivity index (χ2n) is 14.4. The Morgan fingerprint density at radius 2 is 1.61 bits per heavy atom. The van der Waals surface area contributed by atoms with Gasteiger partial charge in [0, 0.05) is 61.9 Å². The number of carbonyl (C=O) groups is 3. The lowest BCUT2D eigenvalue weighted by Gasteiger charge is -2.31. The predicted molar refractivity (Wildman–Crippen MR) is 216 cm³/mol. The van der Waals surface area contributed by atoms with Gasteiger partial charge in [0.05, 0.1) is 37.0 Å². The van der Waals surface area contributed by atoms with E-state index in [1.165, 1.54) is 0 Å². The summed E-state index contributed by atoms with van der Waals surface area (Å²) in [4.78, 5) is 52.4. The van der Waals surface area contributed by atoms with Crippen molar-refractivity contribution in [2.24, 2.45) is 5.92 Å². The van der Waals surface area contributed by atoms with E-state index in [2.05, 4.69) is 48.3 Å². The van der Waals surface area contributed by atoms with Crippen molar-refractivity contribution in [3.05, 3.63) is 110 Å². The minimum absolute atomic E-state index is 0.00712. The molecule has 1 aliphatic heterocycles. The van der Waals surface area contributed by atoms with E-state index in [1.54, 1.807) is 39.5 Å². The van der Waals surface area contributed by atoms with Crippen LogP contribution < -0.4 is 5.32 Å². The number of thiophene rings is 1. The van der Waals surface area contributed by atoms with Gasteiger partial charge >= 0.3 is 6.09 Å². The Hall–Kier alpha value is -4.10. The molecule has 3 amide bonds. The van der Waals surface area contributed by atoms with Gasteiger partial charge in [0.1, 0.15) is 6.61 Å². The van der Waals surface area contributed by atoms with E-state index in [4.69, 9.17) is 14.5 Å². The maximum atomic E-state index is 14.3. The van der Waals surface area contributed by atoms with Gasteiger partial charge in [0.25, 0.3) is 0 Å². The Kier molecular flexibility index (Phi) is 16.5. The van der Waals surface area contributed by atoms with Crippen LogP contribution in [0.4, 0.5) is 4.79 Å². The summed E-state index contributed by atoms with van der Waals surface area (Å²) in [6, 6.07) is 24.0. The van der Waals surface area contributed by atoms with Crippen LogP contribution in [0.3, 0.4) is 0 Å². The third-order valence-corrected chi connectivity index (χ3v) is 11.7. The van der Waals surface area contributed by atoms with Gasteiger partial charge in [-0.25, -0.2) is 9.78 Å². The van der Waals surface area contributed by atoms with Crippen molar-refractivity contribution < 1.29 is 23.9 Å². The molecule has 2 aromatic heterocycles. The SMILES string of the molecule is CC(C)c1nc(CN(C)C(=O)CN(CCN2CCOCC2)C(=O)CC(CCC(Cc2ccccc2)NC(=O)OCc2cccs2)Cc2ccccc2)cs1. The summed E-state index contributed by atoms with van der Waals surface area (Å²) in [6.45, 7) is 8.94. The first-order valence-corrected chi connectivity index (χ1v) is 20.8. The highest BCUT2D eigenvalue weighted by Gasteiger charge is 2.26. The molecule has 290 valence electrons. The smallest absolute Gasteiger partial charge is 0.407 e. The Bertz CT molecular complexity index is 1700. The van der Waals surface area contributed by atoms with Gasteiger partial charge in [-0.15, -0.1) is 22.7 Å². The molecule has 0 bridgehead atoms. The summed E-state index contributed by atoms with van der Waals surface area (Å²) >= 11 is 3.17. The lowest BCUT2D eigenvalue weighted by atomic mass is 9.88. The average Bonchev–Trinajstić information content (AvgIpc) is 3.89. The standard InChI is InChI=1S/C42H55N5O5S2/c1-32(2)41-43-37(31-54-41)28-45(3)40(49)29-47(19-18-46-20-22-51-23-21-46)39(48)27-35(25-33-11-6-4-7-12-33)16-17-36(26-34-13-8-5-9-14-34)44-42(50)52-30-38-15-10-24-53-38/h4-15,24,31-32,35-36H,16-23,25-30H2,1-3H3,(H,44,50). The highest BCUT2D eigenvalue weighted by Crippen LogP contribution is 2.23. The number of aromatic nitrogens is 1. The van der Waals surface area contributed by atoms with Crippen LogP contribution >= 0.6 is 22.7 Å². The van der Waals surface area contributed by atoms with E-state index < -0.39 is 6.09 Å². The normalized spacial score (nSPS) is 14.4. The zero-order chi connectivity index (χ0) is 38.1. The molecule has 5 rings (SSSR count). The van der Waals surface area contributed by atoms with E-state index >= 15 is 0 Å². The summed E-state index contributed by atoms with van der Waals surface area (Å²) < 4.78 is 11.1. The third-order valence-electron chi connectivity index (χ3n) is 9.68. The van der Waals surface area contributed by atoms with Crippen LogP contribution in [0.1, 0.15) is 65.7 Å². The number of carbonyl (C=O) groups excluding carboxylic acids is 3. The van der Waals surface area contributed by atoms with Gasteiger partial charge in [0.15, 0.2) is 0 Å². The fraction of sp³-hybridized carbons (Fsp3) is 0.476. The van der Waals surface area contributed by atoms with E-state index in [0.717, 1.165) is 39.8 Å². The molecular weight excluding hydrogens is 719 g/mol. The fourth-order valence-electron chi connectivity index (χ4n) is 6.55. The lowest BCUT2D eigenvalue weighted by molar-refractivity contribution is -0.141. The van der Waals surface area contributed by atoms with Crippen LogP contribution in [-0.2, 0) is 45.1 Å². The summed E-state index contributed by atoms with van der Waals surface area (Å²) in [7, 11) is 1.78. The number of hydrogen-bond acceptors (Lipinski definition) is 9. The molecular formula is C42H55N5O5S2. The first kappa shape index (κ1) is 41.1. The molecule has 2 unspecified atom stereocenters. The van der Waals surface area contributed by atoms with Gasteiger partial charge in [-0.2, -0.15) is 0 Å². The van der Waals surface area contributed by atoms with Crippen molar-refractivity contribution >= 4 is 40.6 Å². The van der Waals surface area contributed by atoms with Gasteiger partial charge in [-0.1, -0.05) is 80.6 Å². The van der Waals surface area contributed by atoms with Crippen molar-refractivity contribution in [3.8, 4) is 0 Å². The lowest BCUT2D eigenvalue weighted by Crippen LogP contribution is -2.47. The predicted octanol–water partition coefficient (Wildman–Crippen LogP) is 7.01. The highest BCUT2D eigenvalue weighted by atomic mass is 32.1. The molecule has 1 fully saturated rings. The molecule has 4 aromatic rings. The van der Waals surface area contributed by atoms with Crippen molar-refractivity contribution in [2.45, 2.75) is 71.1 Å². The number of amides is 3. The van der Waals surface area contributed by atoms with Crippen LogP contribution in [-0.4, -0.2) is 96.6 Å². The quantitative estimate of drug-likeness (QED) is 0.103. The number of nitrogens with one attached hydrogen (secondary N) is 1. The molecule has 12 heteroatoms. The maximum absolute atomic E-state index is 14.3. The largest absolute Gasteiger partial charge is 0.444 e. The number of alkyl carbamates (subject to hydrolysis) is 1. The zero-order valence-electron chi connectivity index (χ0n) is 31.9. The third kappa shape index (κ3) is 14.0.